The minimum atomic E-state index is -0.962. The lowest BCUT2D eigenvalue weighted by Crippen LogP contribution is -2.35. The summed E-state index contributed by atoms with van der Waals surface area (Å²) in [7, 11) is 0. The number of esters is 1. The van der Waals surface area contributed by atoms with E-state index in [1.807, 2.05) is 0 Å². The molecule has 0 heterocycles. The number of hydrogen-bond acceptors (Lipinski definition) is 3. The van der Waals surface area contributed by atoms with E-state index < -0.39 is 23.8 Å². The van der Waals surface area contributed by atoms with Gasteiger partial charge in [0.1, 0.15) is 5.82 Å². The first-order valence-electron chi connectivity index (χ1n) is 5.39. The van der Waals surface area contributed by atoms with Crippen LogP contribution in [0.25, 0.3) is 0 Å². The predicted octanol–water partition coefficient (Wildman–Crippen LogP) is 2.27. The number of ether oxygens (including phenoxy) is 1. The number of carbonyl (C=O) groups excluding carboxylic acids is 2. The summed E-state index contributed by atoms with van der Waals surface area (Å²) in [6.45, 7) is 3.62. The van der Waals surface area contributed by atoms with E-state index in [1.165, 1.54) is 19.1 Å². The SMILES string of the molecule is CCNC(=O)[C@@H](C)OC(=O)c1cc(Br)ccc1F. The molecular weight excluding hydrogens is 305 g/mol. The molecule has 0 unspecified atom stereocenters. The van der Waals surface area contributed by atoms with Crippen molar-refractivity contribution in [1.82, 2.24) is 5.32 Å². The summed E-state index contributed by atoms with van der Waals surface area (Å²) in [5, 5.41) is 2.51. The van der Waals surface area contributed by atoms with Crippen LogP contribution in [0.4, 0.5) is 4.39 Å². The second-order valence-electron chi connectivity index (χ2n) is 3.57. The molecule has 0 saturated carbocycles. The summed E-state index contributed by atoms with van der Waals surface area (Å²) in [6, 6.07) is 3.93. The van der Waals surface area contributed by atoms with E-state index in [9.17, 15) is 14.0 Å². The molecule has 18 heavy (non-hydrogen) atoms. The second-order valence-corrected chi connectivity index (χ2v) is 4.48. The number of benzene rings is 1. The van der Waals surface area contributed by atoms with Gasteiger partial charge in [0.25, 0.3) is 5.91 Å². The third kappa shape index (κ3) is 3.80. The molecule has 0 saturated heterocycles. The van der Waals surface area contributed by atoms with Gasteiger partial charge in [0.2, 0.25) is 0 Å². The van der Waals surface area contributed by atoms with Crippen molar-refractivity contribution < 1.29 is 18.7 Å². The summed E-state index contributed by atoms with van der Waals surface area (Å²) in [6.07, 6.45) is -0.962. The van der Waals surface area contributed by atoms with E-state index in [4.69, 9.17) is 4.74 Å². The summed E-state index contributed by atoms with van der Waals surface area (Å²) >= 11 is 3.13. The Labute approximate surface area is 113 Å². The molecule has 0 aliphatic heterocycles. The van der Waals surface area contributed by atoms with E-state index >= 15 is 0 Å². The van der Waals surface area contributed by atoms with Gasteiger partial charge >= 0.3 is 5.97 Å². The Balaban J connectivity index is 2.76. The average Bonchev–Trinajstić information content (AvgIpc) is 2.32. The Morgan fingerprint density at radius 1 is 1.50 bits per heavy atom. The maximum atomic E-state index is 13.4. The van der Waals surface area contributed by atoms with Gasteiger partial charge in [0.15, 0.2) is 6.10 Å². The average molecular weight is 318 g/mol. The number of halogens is 2. The fourth-order valence-electron chi connectivity index (χ4n) is 1.25. The van der Waals surface area contributed by atoms with Crippen molar-refractivity contribution in [3.05, 3.63) is 34.1 Å². The highest BCUT2D eigenvalue weighted by atomic mass is 79.9. The van der Waals surface area contributed by atoms with Crippen LogP contribution in [-0.2, 0) is 9.53 Å². The van der Waals surface area contributed by atoms with Crippen molar-refractivity contribution in [1.29, 1.82) is 0 Å². The van der Waals surface area contributed by atoms with E-state index in [1.54, 1.807) is 6.92 Å². The molecule has 1 N–H and O–H groups in total. The quantitative estimate of drug-likeness (QED) is 0.867. The van der Waals surface area contributed by atoms with Crippen LogP contribution in [0.3, 0.4) is 0 Å². The molecule has 0 fully saturated rings. The third-order valence-electron chi connectivity index (χ3n) is 2.15. The Hall–Kier alpha value is -1.43. The Kier molecular flexibility index (Phi) is 5.27. The molecule has 0 bridgehead atoms. The third-order valence-corrected chi connectivity index (χ3v) is 2.65. The molecule has 0 aliphatic rings. The highest BCUT2D eigenvalue weighted by Gasteiger charge is 2.20. The van der Waals surface area contributed by atoms with Crippen LogP contribution in [0, 0.1) is 5.82 Å². The predicted molar refractivity (Wildman–Crippen MR) is 67.7 cm³/mol. The van der Waals surface area contributed by atoms with Gasteiger partial charge in [-0.1, -0.05) is 15.9 Å². The Bertz CT molecular complexity index is 465. The molecule has 1 amide bonds. The molecule has 4 nitrogen and oxygen atoms in total. The molecule has 0 aromatic heterocycles. The topological polar surface area (TPSA) is 55.4 Å². The molecule has 1 aromatic carbocycles. The Morgan fingerprint density at radius 2 is 2.17 bits per heavy atom. The highest BCUT2D eigenvalue weighted by molar-refractivity contribution is 9.10. The van der Waals surface area contributed by atoms with Crippen molar-refractivity contribution in [2.45, 2.75) is 20.0 Å². The van der Waals surface area contributed by atoms with Gasteiger partial charge in [0.05, 0.1) is 5.56 Å². The molecule has 0 spiro atoms. The van der Waals surface area contributed by atoms with Crippen LogP contribution in [0.15, 0.2) is 22.7 Å². The summed E-state index contributed by atoms with van der Waals surface area (Å²) in [5.74, 6) is -1.97. The fourth-order valence-corrected chi connectivity index (χ4v) is 1.61. The standard InChI is InChI=1S/C12H13BrFNO3/c1-3-15-11(16)7(2)18-12(17)9-6-8(13)4-5-10(9)14/h4-7H,3H2,1-2H3,(H,15,16)/t7-/m1/s1. The van der Waals surface area contributed by atoms with Crippen molar-refractivity contribution in [2.24, 2.45) is 0 Å². The van der Waals surface area contributed by atoms with Crippen molar-refractivity contribution >= 4 is 27.8 Å². The van der Waals surface area contributed by atoms with Gasteiger partial charge in [0, 0.05) is 11.0 Å². The fraction of sp³-hybridized carbons (Fsp3) is 0.333. The summed E-state index contributed by atoms with van der Waals surface area (Å²) in [4.78, 5) is 23.0. The number of nitrogens with one attached hydrogen (secondary N) is 1. The molecule has 1 atom stereocenters. The van der Waals surface area contributed by atoms with Crippen molar-refractivity contribution in [3.8, 4) is 0 Å². The monoisotopic (exact) mass is 317 g/mol. The van der Waals surface area contributed by atoms with Gasteiger partial charge in [-0.3, -0.25) is 4.79 Å². The minimum Gasteiger partial charge on any atom is -0.449 e. The maximum Gasteiger partial charge on any atom is 0.341 e. The summed E-state index contributed by atoms with van der Waals surface area (Å²) in [5.41, 5.74) is -0.208. The number of carbonyl (C=O) groups is 2. The van der Waals surface area contributed by atoms with E-state index in [0.717, 1.165) is 6.07 Å². The smallest absolute Gasteiger partial charge is 0.341 e. The van der Waals surface area contributed by atoms with Gasteiger partial charge in [-0.25, -0.2) is 9.18 Å². The molecule has 0 radical (unpaired) electrons. The molecular formula is C12H13BrFNO3. The van der Waals surface area contributed by atoms with Gasteiger partial charge in [-0.15, -0.1) is 0 Å². The zero-order valence-corrected chi connectivity index (χ0v) is 11.6. The van der Waals surface area contributed by atoms with Crippen LogP contribution < -0.4 is 5.32 Å². The first-order valence-corrected chi connectivity index (χ1v) is 6.18. The number of hydrogen-bond donors (Lipinski definition) is 1. The first-order chi connectivity index (χ1) is 8.45. The second kappa shape index (κ2) is 6.49. The van der Waals surface area contributed by atoms with Crippen LogP contribution in [0.5, 0.6) is 0 Å². The van der Waals surface area contributed by atoms with Gasteiger partial charge in [-0.2, -0.15) is 0 Å². The number of amides is 1. The summed E-state index contributed by atoms with van der Waals surface area (Å²) < 4.78 is 18.8. The largest absolute Gasteiger partial charge is 0.449 e. The molecule has 0 aliphatic carbocycles. The normalized spacial score (nSPS) is 11.8. The highest BCUT2D eigenvalue weighted by Crippen LogP contribution is 2.17. The minimum absolute atomic E-state index is 0.208. The number of rotatable bonds is 4. The van der Waals surface area contributed by atoms with Crippen LogP contribution >= 0.6 is 15.9 Å². The lowest BCUT2D eigenvalue weighted by atomic mass is 10.2. The van der Waals surface area contributed by atoms with E-state index in [2.05, 4.69) is 21.2 Å². The molecule has 6 heteroatoms. The molecule has 1 rings (SSSR count). The maximum absolute atomic E-state index is 13.4. The van der Waals surface area contributed by atoms with Gasteiger partial charge < -0.3 is 10.1 Å². The van der Waals surface area contributed by atoms with Crippen LogP contribution in [0.1, 0.15) is 24.2 Å². The van der Waals surface area contributed by atoms with Crippen LogP contribution in [-0.4, -0.2) is 24.5 Å². The number of likely N-dealkylation sites (N-methyl/N-ethyl adjacent to an activating group) is 1. The van der Waals surface area contributed by atoms with Gasteiger partial charge in [-0.05, 0) is 32.0 Å². The zero-order valence-electron chi connectivity index (χ0n) is 10.00. The van der Waals surface area contributed by atoms with E-state index in [0.29, 0.717) is 11.0 Å². The first kappa shape index (κ1) is 14.6. The van der Waals surface area contributed by atoms with Crippen LogP contribution in [0.2, 0.25) is 0 Å². The van der Waals surface area contributed by atoms with Crippen molar-refractivity contribution in [2.75, 3.05) is 6.54 Å². The van der Waals surface area contributed by atoms with Crippen molar-refractivity contribution in [3.63, 3.8) is 0 Å². The van der Waals surface area contributed by atoms with E-state index in [-0.39, 0.29) is 5.56 Å². The zero-order chi connectivity index (χ0) is 13.7. The molecule has 1 aromatic rings. The Morgan fingerprint density at radius 3 is 2.78 bits per heavy atom. The molecule has 98 valence electrons. The lowest BCUT2D eigenvalue weighted by Gasteiger charge is -2.13. The lowest BCUT2D eigenvalue weighted by molar-refractivity contribution is -0.128.